The van der Waals surface area contributed by atoms with E-state index in [4.69, 9.17) is 10.2 Å². The molecule has 1 aliphatic rings. The Morgan fingerprint density at radius 3 is 2.67 bits per heavy atom. The van der Waals surface area contributed by atoms with E-state index in [-0.39, 0.29) is 0 Å². The minimum absolute atomic E-state index is 0.555. The number of hydrogen-bond acceptors (Lipinski definition) is 4. The molecule has 94 valence electrons. The lowest BCUT2D eigenvalue weighted by Crippen LogP contribution is -2.11. The largest absolute Gasteiger partial charge is 0.445 e. The van der Waals surface area contributed by atoms with Crippen molar-refractivity contribution in [2.75, 3.05) is 5.73 Å². The van der Waals surface area contributed by atoms with Gasteiger partial charge < -0.3 is 10.2 Å². The van der Waals surface area contributed by atoms with Gasteiger partial charge in [-0.3, -0.25) is 0 Å². The number of nitrogens with two attached hydrogens (primary N) is 1. The van der Waals surface area contributed by atoms with Gasteiger partial charge in [-0.2, -0.15) is 0 Å². The number of rotatable bonds is 1. The topological polar surface area (TPSA) is 64.9 Å². The maximum atomic E-state index is 6.01. The third-order valence-electron chi connectivity index (χ3n) is 3.08. The number of halogens is 2. The number of hydrogen-bond donors (Lipinski definition) is 1. The lowest BCUT2D eigenvalue weighted by atomic mass is 9.96. The molecule has 2 N–H and O–H groups in total. The van der Waals surface area contributed by atoms with E-state index >= 15 is 0 Å². The predicted octanol–water partition coefficient (Wildman–Crippen LogP) is 3.72. The second-order valence-electron chi connectivity index (χ2n) is 4.30. The van der Waals surface area contributed by atoms with E-state index in [1.54, 1.807) is 0 Å². The smallest absolute Gasteiger partial charge is 0.197 e. The summed E-state index contributed by atoms with van der Waals surface area (Å²) in [6, 6.07) is 1.84. The summed E-state index contributed by atoms with van der Waals surface area (Å²) in [4.78, 5) is 8.91. The molecule has 1 aliphatic carbocycles. The zero-order valence-electron chi connectivity index (χ0n) is 9.54. The highest BCUT2D eigenvalue weighted by molar-refractivity contribution is 9.13. The Balaban J connectivity index is 2.10. The SMILES string of the molecule is Nc1nc(-c2cc(Br)c(Br)o2)nc2c1CCCC2. The fraction of sp³-hybridized carbons (Fsp3) is 0.333. The Kier molecular flexibility index (Phi) is 3.15. The van der Waals surface area contributed by atoms with Crippen LogP contribution in [-0.2, 0) is 12.8 Å². The van der Waals surface area contributed by atoms with E-state index < -0.39 is 0 Å². The number of anilines is 1. The first kappa shape index (κ1) is 12.2. The number of aryl methyl sites for hydroxylation is 1. The molecule has 0 bridgehead atoms. The van der Waals surface area contributed by atoms with Crippen LogP contribution in [0.1, 0.15) is 24.1 Å². The van der Waals surface area contributed by atoms with E-state index in [0.29, 0.717) is 22.1 Å². The number of fused-ring (bicyclic) bond motifs is 1. The third-order valence-corrected chi connectivity index (χ3v) is 4.79. The molecular formula is C12H11Br2N3O. The van der Waals surface area contributed by atoms with Crippen LogP contribution < -0.4 is 5.73 Å². The maximum Gasteiger partial charge on any atom is 0.197 e. The van der Waals surface area contributed by atoms with Gasteiger partial charge in [-0.1, -0.05) is 0 Å². The summed E-state index contributed by atoms with van der Waals surface area (Å²) in [5, 5.41) is 0. The summed E-state index contributed by atoms with van der Waals surface area (Å²) in [5.74, 6) is 1.76. The van der Waals surface area contributed by atoms with Crippen molar-refractivity contribution in [3.05, 3.63) is 26.5 Å². The minimum atomic E-state index is 0.555. The summed E-state index contributed by atoms with van der Waals surface area (Å²) in [7, 11) is 0. The molecule has 0 saturated heterocycles. The van der Waals surface area contributed by atoms with Crippen LogP contribution in [0, 0.1) is 0 Å². The van der Waals surface area contributed by atoms with Crippen molar-refractivity contribution in [2.45, 2.75) is 25.7 Å². The minimum Gasteiger partial charge on any atom is -0.445 e. The predicted molar refractivity (Wildman–Crippen MR) is 76.2 cm³/mol. The van der Waals surface area contributed by atoms with Crippen molar-refractivity contribution in [3.63, 3.8) is 0 Å². The van der Waals surface area contributed by atoms with E-state index in [9.17, 15) is 0 Å². The standard InChI is InChI=1S/C12H11Br2N3O/c13-7-5-9(18-10(7)14)12-16-8-4-2-1-3-6(8)11(15)17-12/h5H,1-4H2,(H2,15,16,17). The number of nitrogen functional groups attached to an aromatic ring is 1. The average Bonchev–Trinajstić information content (AvgIpc) is 2.70. The van der Waals surface area contributed by atoms with Gasteiger partial charge in [-0.15, -0.1) is 0 Å². The summed E-state index contributed by atoms with van der Waals surface area (Å²) < 4.78 is 7.02. The molecule has 0 unspecified atom stereocenters. The Labute approximate surface area is 121 Å². The zero-order valence-corrected chi connectivity index (χ0v) is 12.7. The van der Waals surface area contributed by atoms with Gasteiger partial charge in [-0.25, -0.2) is 9.97 Å². The highest BCUT2D eigenvalue weighted by Gasteiger charge is 2.19. The van der Waals surface area contributed by atoms with Crippen LogP contribution in [0.3, 0.4) is 0 Å². The van der Waals surface area contributed by atoms with Crippen LogP contribution in [-0.4, -0.2) is 9.97 Å². The zero-order chi connectivity index (χ0) is 12.7. The Bertz CT molecular complexity index is 590. The van der Waals surface area contributed by atoms with Crippen LogP contribution in [0.25, 0.3) is 11.6 Å². The van der Waals surface area contributed by atoms with Crippen molar-refractivity contribution < 1.29 is 4.42 Å². The summed E-state index contributed by atoms with van der Waals surface area (Å²) >= 11 is 6.69. The second-order valence-corrected chi connectivity index (χ2v) is 5.87. The van der Waals surface area contributed by atoms with Gasteiger partial charge in [0.2, 0.25) is 0 Å². The van der Waals surface area contributed by atoms with Crippen molar-refractivity contribution in [3.8, 4) is 11.6 Å². The lowest BCUT2D eigenvalue weighted by molar-refractivity contribution is 0.548. The number of nitrogens with zero attached hydrogens (tertiary/aromatic N) is 2. The number of aromatic nitrogens is 2. The van der Waals surface area contributed by atoms with E-state index in [2.05, 4.69) is 41.8 Å². The molecular weight excluding hydrogens is 362 g/mol. The van der Waals surface area contributed by atoms with Crippen LogP contribution in [0.5, 0.6) is 0 Å². The Morgan fingerprint density at radius 1 is 1.17 bits per heavy atom. The molecule has 2 heterocycles. The van der Waals surface area contributed by atoms with Gasteiger partial charge in [-0.05, 0) is 57.5 Å². The molecule has 0 spiro atoms. The van der Waals surface area contributed by atoms with Crippen molar-refractivity contribution in [2.24, 2.45) is 0 Å². The maximum absolute atomic E-state index is 6.01. The summed E-state index contributed by atoms with van der Waals surface area (Å²) in [6.07, 6.45) is 4.28. The number of furan rings is 1. The normalized spacial score (nSPS) is 14.6. The molecule has 0 radical (unpaired) electrons. The highest BCUT2D eigenvalue weighted by atomic mass is 79.9. The second kappa shape index (κ2) is 4.66. The van der Waals surface area contributed by atoms with Gasteiger partial charge in [0.15, 0.2) is 16.3 Å². The van der Waals surface area contributed by atoms with Crippen LogP contribution in [0.2, 0.25) is 0 Å². The highest BCUT2D eigenvalue weighted by Crippen LogP contribution is 2.33. The molecule has 4 nitrogen and oxygen atoms in total. The summed E-state index contributed by atoms with van der Waals surface area (Å²) in [6.45, 7) is 0. The Morgan fingerprint density at radius 2 is 1.94 bits per heavy atom. The first-order chi connectivity index (χ1) is 8.65. The van der Waals surface area contributed by atoms with Gasteiger partial charge in [0.05, 0.1) is 4.47 Å². The van der Waals surface area contributed by atoms with Gasteiger partial charge in [0.25, 0.3) is 0 Å². The fourth-order valence-corrected chi connectivity index (χ4v) is 2.77. The molecule has 0 atom stereocenters. The Hall–Kier alpha value is -0.880. The first-order valence-corrected chi connectivity index (χ1v) is 7.34. The molecule has 0 saturated carbocycles. The molecule has 2 aromatic rings. The van der Waals surface area contributed by atoms with Crippen LogP contribution in [0.4, 0.5) is 5.82 Å². The van der Waals surface area contributed by atoms with Gasteiger partial charge in [0.1, 0.15) is 5.82 Å². The molecule has 2 aromatic heterocycles. The quantitative estimate of drug-likeness (QED) is 0.828. The van der Waals surface area contributed by atoms with E-state index in [1.807, 2.05) is 6.07 Å². The first-order valence-electron chi connectivity index (χ1n) is 5.75. The molecule has 0 amide bonds. The van der Waals surface area contributed by atoms with E-state index in [1.165, 1.54) is 0 Å². The molecule has 0 fully saturated rings. The van der Waals surface area contributed by atoms with Crippen LogP contribution >= 0.6 is 31.9 Å². The van der Waals surface area contributed by atoms with E-state index in [0.717, 1.165) is 41.4 Å². The molecule has 6 heteroatoms. The lowest BCUT2D eigenvalue weighted by Gasteiger charge is -2.16. The molecule has 18 heavy (non-hydrogen) atoms. The van der Waals surface area contributed by atoms with Gasteiger partial charge in [0, 0.05) is 17.3 Å². The van der Waals surface area contributed by atoms with Crippen LogP contribution in [0.15, 0.2) is 19.6 Å². The third kappa shape index (κ3) is 2.07. The van der Waals surface area contributed by atoms with Gasteiger partial charge >= 0.3 is 0 Å². The molecule has 0 aliphatic heterocycles. The van der Waals surface area contributed by atoms with Crippen molar-refractivity contribution in [1.82, 2.24) is 9.97 Å². The average molecular weight is 373 g/mol. The van der Waals surface area contributed by atoms with Crippen molar-refractivity contribution in [1.29, 1.82) is 0 Å². The molecule has 3 rings (SSSR count). The fourth-order valence-electron chi connectivity index (χ4n) is 2.19. The molecule has 0 aromatic carbocycles. The van der Waals surface area contributed by atoms with Crippen molar-refractivity contribution >= 4 is 37.7 Å². The monoisotopic (exact) mass is 371 g/mol. The summed E-state index contributed by atoms with van der Waals surface area (Å²) in [5.41, 5.74) is 8.18.